The normalized spacial score (nSPS) is 14.4. The minimum atomic E-state index is -0.589. The van der Waals surface area contributed by atoms with E-state index in [-0.39, 0.29) is 23.8 Å². The number of Topliss-reactive ketones (excluding diaryl/α,β-unsaturated/α-hetero) is 1. The predicted octanol–water partition coefficient (Wildman–Crippen LogP) is 2.97. The Kier molecular flexibility index (Phi) is 4.66. The smallest absolute Gasteiger partial charge is 0.145 e. The van der Waals surface area contributed by atoms with Crippen LogP contribution < -0.4 is 5.73 Å². The highest BCUT2D eigenvalue weighted by Crippen LogP contribution is 2.25. The summed E-state index contributed by atoms with van der Waals surface area (Å²) in [5.74, 6) is -0.568. The van der Waals surface area contributed by atoms with Gasteiger partial charge in [-0.05, 0) is 18.1 Å². The van der Waals surface area contributed by atoms with E-state index in [1.54, 1.807) is 19.1 Å². The molecule has 0 fully saturated rings. The summed E-state index contributed by atoms with van der Waals surface area (Å²) in [6.07, 6.45) is 0.679. The molecule has 1 aromatic carbocycles. The van der Waals surface area contributed by atoms with Crippen molar-refractivity contribution in [2.75, 3.05) is 6.54 Å². The van der Waals surface area contributed by atoms with E-state index in [9.17, 15) is 9.18 Å². The fourth-order valence-electron chi connectivity index (χ4n) is 1.53. The Morgan fingerprint density at radius 1 is 1.53 bits per heavy atom. The predicted molar refractivity (Wildman–Crippen MR) is 67.6 cm³/mol. The first-order valence-corrected chi connectivity index (χ1v) is 5.98. The van der Waals surface area contributed by atoms with Crippen LogP contribution in [0.2, 0.25) is 5.02 Å². The summed E-state index contributed by atoms with van der Waals surface area (Å²) >= 11 is 5.67. The minimum absolute atomic E-state index is 0.0356. The van der Waals surface area contributed by atoms with Crippen LogP contribution in [0.15, 0.2) is 18.2 Å². The fourth-order valence-corrected chi connectivity index (χ4v) is 1.72. The number of hydrogen-bond acceptors (Lipinski definition) is 2. The van der Waals surface area contributed by atoms with Gasteiger partial charge in [-0.25, -0.2) is 4.39 Å². The summed E-state index contributed by atoms with van der Waals surface area (Å²) < 4.78 is 13.6. The Bertz CT molecular complexity index is 416. The Morgan fingerprint density at radius 3 is 2.71 bits per heavy atom. The first kappa shape index (κ1) is 14.1. The molecular formula is C13H17ClFNO. The van der Waals surface area contributed by atoms with Crippen molar-refractivity contribution < 1.29 is 9.18 Å². The molecule has 0 aliphatic rings. The maximum absolute atomic E-state index is 13.6. The molecule has 2 N–H and O–H groups in total. The van der Waals surface area contributed by atoms with Gasteiger partial charge in [-0.15, -0.1) is 0 Å². The summed E-state index contributed by atoms with van der Waals surface area (Å²) in [4.78, 5) is 12.1. The van der Waals surface area contributed by atoms with Crippen molar-refractivity contribution in [2.45, 2.75) is 26.7 Å². The van der Waals surface area contributed by atoms with Gasteiger partial charge in [0.2, 0.25) is 0 Å². The molecule has 0 heterocycles. The third-order valence-electron chi connectivity index (χ3n) is 3.29. The molecule has 2 nitrogen and oxygen atoms in total. The van der Waals surface area contributed by atoms with Crippen LogP contribution >= 0.6 is 11.6 Å². The van der Waals surface area contributed by atoms with E-state index >= 15 is 0 Å². The Labute approximate surface area is 106 Å². The van der Waals surface area contributed by atoms with Crippen LogP contribution in [0.25, 0.3) is 0 Å². The standard InChI is InChI=1S/C13H17ClFNO/c1-3-13(2,8-16)11(17)7-9-5-4-6-10(14)12(9)15/h4-6H,3,7-8,16H2,1-2H3. The lowest BCUT2D eigenvalue weighted by Crippen LogP contribution is -2.36. The largest absolute Gasteiger partial charge is 0.329 e. The van der Waals surface area contributed by atoms with E-state index in [2.05, 4.69) is 0 Å². The summed E-state index contributed by atoms with van der Waals surface area (Å²) in [5, 5.41) is 0.0428. The van der Waals surface area contributed by atoms with Crippen molar-refractivity contribution in [1.82, 2.24) is 0 Å². The maximum atomic E-state index is 13.6. The molecule has 0 aromatic heterocycles. The lowest BCUT2D eigenvalue weighted by molar-refractivity contribution is -0.127. The molecule has 0 aliphatic heterocycles. The van der Waals surface area contributed by atoms with Crippen LogP contribution in [0.1, 0.15) is 25.8 Å². The zero-order valence-electron chi connectivity index (χ0n) is 10.1. The summed E-state index contributed by atoms with van der Waals surface area (Å²) in [6, 6.07) is 4.68. The third-order valence-corrected chi connectivity index (χ3v) is 3.58. The second-order valence-electron chi connectivity index (χ2n) is 4.43. The molecule has 17 heavy (non-hydrogen) atoms. The summed E-state index contributed by atoms with van der Waals surface area (Å²) in [6.45, 7) is 3.97. The van der Waals surface area contributed by atoms with Crippen molar-refractivity contribution in [1.29, 1.82) is 0 Å². The van der Waals surface area contributed by atoms with Crippen LogP contribution in [-0.4, -0.2) is 12.3 Å². The average Bonchev–Trinajstić information content (AvgIpc) is 2.33. The van der Waals surface area contributed by atoms with Crippen LogP contribution in [0.3, 0.4) is 0 Å². The first-order chi connectivity index (χ1) is 7.94. The first-order valence-electron chi connectivity index (χ1n) is 5.61. The van der Waals surface area contributed by atoms with Gasteiger partial charge < -0.3 is 5.73 Å². The minimum Gasteiger partial charge on any atom is -0.329 e. The van der Waals surface area contributed by atoms with E-state index in [0.29, 0.717) is 12.0 Å². The number of rotatable bonds is 5. The molecule has 0 bridgehead atoms. The number of carbonyl (C=O) groups excluding carboxylic acids is 1. The van der Waals surface area contributed by atoms with Crippen LogP contribution in [0, 0.1) is 11.2 Å². The zero-order chi connectivity index (χ0) is 13.1. The molecule has 4 heteroatoms. The molecule has 1 aromatic rings. The van der Waals surface area contributed by atoms with Crippen molar-refractivity contribution in [2.24, 2.45) is 11.1 Å². The van der Waals surface area contributed by atoms with Gasteiger partial charge in [0.25, 0.3) is 0 Å². The molecule has 1 rings (SSSR count). The number of hydrogen-bond donors (Lipinski definition) is 1. The number of nitrogens with two attached hydrogens (primary N) is 1. The van der Waals surface area contributed by atoms with Gasteiger partial charge in [0.15, 0.2) is 0 Å². The lowest BCUT2D eigenvalue weighted by Gasteiger charge is -2.24. The fraction of sp³-hybridized carbons (Fsp3) is 0.462. The number of halogens is 2. The Balaban J connectivity index is 2.92. The van der Waals surface area contributed by atoms with Crippen molar-refractivity contribution in [3.63, 3.8) is 0 Å². The van der Waals surface area contributed by atoms with Gasteiger partial charge in [0.1, 0.15) is 11.6 Å². The summed E-state index contributed by atoms with van der Waals surface area (Å²) in [7, 11) is 0. The molecule has 0 spiro atoms. The highest BCUT2D eigenvalue weighted by Gasteiger charge is 2.29. The van der Waals surface area contributed by atoms with Gasteiger partial charge in [-0.1, -0.05) is 37.6 Å². The molecular weight excluding hydrogens is 241 g/mol. The molecule has 0 saturated heterocycles. The highest BCUT2D eigenvalue weighted by molar-refractivity contribution is 6.30. The quantitative estimate of drug-likeness (QED) is 0.881. The molecule has 0 radical (unpaired) electrons. The van der Waals surface area contributed by atoms with Crippen molar-refractivity contribution >= 4 is 17.4 Å². The van der Waals surface area contributed by atoms with Crippen LogP contribution in [0.4, 0.5) is 4.39 Å². The highest BCUT2D eigenvalue weighted by atomic mass is 35.5. The van der Waals surface area contributed by atoms with Gasteiger partial charge in [0, 0.05) is 18.4 Å². The number of ketones is 1. The lowest BCUT2D eigenvalue weighted by atomic mass is 9.80. The maximum Gasteiger partial charge on any atom is 0.145 e. The van der Waals surface area contributed by atoms with Gasteiger partial charge in [0.05, 0.1) is 5.02 Å². The molecule has 0 aliphatic carbocycles. The van der Waals surface area contributed by atoms with Gasteiger partial charge in [-0.2, -0.15) is 0 Å². The number of carbonyl (C=O) groups is 1. The monoisotopic (exact) mass is 257 g/mol. The van der Waals surface area contributed by atoms with Crippen LogP contribution in [0.5, 0.6) is 0 Å². The molecule has 1 unspecified atom stereocenters. The van der Waals surface area contributed by atoms with E-state index in [4.69, 9.17) is 17.3 Å². The second-order valence-corrected chi connectivity index (χ2v) is 4.84. The van der Waals surface area contributed by atoms with E-state index in [1.165, 1.54) is 6.07 Å². The molecule has 94 valence electrons. The molecule has 1 atom stereocenters. The van der Waals surface area contributed by atoms with Gasteiger partial charge >= 0.3 is 0 Å². The van der Waals surface area contributed by atoms with E-state index < -0.39 is 11.2 Å². The number of benzene rings is 1. The van der Waals surface area contributed by atoms with E-state index in [1.807, 2.05) is 6.92 Å². The topological polar surface area (TPSA) is 43.1 Å². The Morgan fingerprint density at radius 2 is 2.18 bits per heavy atom. The zero-order valence-corrected chi connectivity index (χ0v) is 10.9. The SMILES string of the molecule is CCC(C)(CN)C(=O)Cc1cccc(Cl)c1F. The summed E-state index contributed by atoms with van der Waals surface area (Å²) in [5.41, 5.74) is 5.34. The average molecular weight is 258 g/mol. The van der Waals surface area contributed by atoms with Crippen molar-refractivity contribution in [3.8, 4) is 0 Å². The van der Waals surface area contributed by atoms with Crippen LogP contribution in [-0.2, 0) is 11.2 Å². The molecule has 0 amide bonds. The second kappa shape index (κ2) is 5.61. The van der Waals surface area contributed by atoms with Gasteiger partial charge in [-0.3, -0.25) is 4.79 Å². The Hall–Kier alpha value is -0.930. The van der Waals surface area contributed by atoms with E-state index in [0.717, 1.165) is 0 Å². The molecule has 0 saturated carbocycles. The third kappa shape index (κ3) is 3.05. The van der Waals surface area contributed by atoms with Crippen molar-refractivity contribution in [3.05, 3.63) is 34.6 Å².